The molecular weight excluding hydrogens is 338 g/mol. The zero-order chi connectivity index (χ0) is 18.5. The number of anilines is 2. The molecule has 0 saturated carbocycles. The lowest BCUT2D eigenvalue weighted by atomic mass is 10.1. The minimum atomic E-state index is 0.158. The number of hydrogen-bond acceptors (Lipinski definition) is 5. The summed E-state index contributed by atoms with van der Waals surface area (Å²) in [6.45, 7) is 1.58. The Morgan fingerprint density at radius 3 is 2.59 bits per heavy atom. The fraction of sp³-hybridized carbons (Fsp3) is 0.238. The number of para-hydroxylation sites is 2. The molecule has 0 spiro atoms. The van der Waals surface area contributed by atoms with E-state index in [0.717, 1.165) is 35.2 Å². The Labute approximate surface area is 157 Å². The van der Waals surface area contributed by atoms with Gasteiger partial charge in [0.05, 0.1) is 5.52 Å². The van der Waals surface area contributed by atoms with Crippen molar-refractivity contribution in [2.45, 2.75) is 12.8 Å². The first-order valence-corrected chi connectivity index (χ1v) is 9.25. The summed E-state index contributed by atoms with van der Waals surface area (Å²) >= 11 is 0. The van der Waals surface area contributed by atoms with Crippen LogP contribution in [0.3, 0.4) is 0 Å². The molecule has 4 N–H and O–H groups in total. The van der Waals surface area contributed by atoms with Gasteiger partial charge in [-0.05, 0) is 36.6 Å². The second kappa shape index (κ2) is 8.05. The first kappa shape index (κ1) is 17.3. The highest BCUT2D eigenvalue weighted by atomic mass is 16.3. The molecule has 0 fully saturated rings. The number of nitrogens with zero attached hydrogens (tertiary/aromatic N) is 2. The summed E-state index contributed by atoms with van der Waals surface area (Å²) in [6.07, 6.45) is 3.63. The van der Waals surface area contributed by atoms with E-state index in [1.54, 1.807) is 0 Å². The number of nitrogens with one attached hydrogen (secondary N) is 3. The van der Waals surface area contributed by atoms with Crippen molar-refractivity contribution in [1.82, 2.24) is 15.0 Å². The van der Waals surface area contributed by atoms with Gasteiger partial charge in [-0.15, -0.1) is 0 Å². The Balaban J connectivity index is 1.49. The summed E-state index contributed by atoms with van der Waals surface area (Å²) < 4.78 is 0. The Morgan fingerprint density at radius 2 is 1.70 bits per heavy atom. The van der Waals surface area contributed by atoms with Crippen molar-refractivity contribution >= 4 is 33.6 Å². The average molecular weight is 361 g/mol. The standard InChI is InChI=1S/C21H23N5O/c27-13-5-11-22-20-17-7-2-4-9-19(17)25-21(26-20)23-12-10-15-14-24-18-8-3-1-6-16(15)18/h1-4,6-9,14,24,27H,5,10-13H2,(H2,22,23,25,26). The molecule has 2 aromatic heterocycles. The van der Waals surface area contributed by atoms with Crippen LogP contribution >= 0.6 is 0 Å². The van der Waals surface area contributed by atoms with Gasteiger partial charge in [0, 0.05) is 42.2 Å². The number of H-pyrrole nitrogens is 1. The number of aliphatic hydroxyl groups excluding tert-OH is 1. The molecule has 27 heavy (non-hydrogen) atoms. The molecular formula is C21H23N5O. The highest BCUT2D eigenvalue weighted by Gasteiger charge is 2.08. The smallest absolute Gasteiger partial charge is 0.225 e. The van der Waals surface area contributed by atoms with Crippen molar-refractivity contribution in [3.63, 3.8) is 0 Å². The van der Waals surface area contributed by atoms with E-state index in [2.05, 4.69) is 50.0 Å². The minimum Gasteiger partial charge on any atom is -0.396 e. The first-order valence-electron chi connectivity index (χ1n) is 9.25. The van der Waals surface area contributed by atoms with E-state index in [1.807, 2.05) is 30.3 Å². The molecule has 0 aliphatic carbocycles. The van der Waals surface area contributed by atoms with Crippen LogP contribution < -0.4 is 10.6 Å². The third-order valence-electron chi connectivity index (χ3n) is 4.58. The quantitative estimate of drug-likeness (QED) is 0.361. The van der Waals surface area contributed by atoms with Gasteiger partial charge < -0.3 is 20.7 Å². The number of aliphatic hydroxyl groups is 1. The topological polar surface area (TPSA) is 85.9 Å². The summed E-state index contributed by atoms with van der Waals surface area (Å²) in [5, 5.41) is 17.9. The van der Waals surface area contributed by atoms with E-state index in [4.69, 9.17) is 5.11 Å². The van der Waals surface area contributed by atoms with E-state index >= 15 is 0 Å². The van der Waals surface area contributed by atoms with Crippen molar-refractivity contribution in [3.8, 4) is 0 Å². The lowest BCUT2D eigenvalue weighted by Gasteiger charge is -2.11. The van der Waals surface area contributed by atoms with Gasteiger partial charge in [-0.3, -0.25) is 0 Å². The van der Waals surface area contributed by atoms with E-state index in [1.165, 1.54) is 10.9 Å². The highest BCUT2D eigenvalue weighted by molar-refractivity contribution is 5.90. The van der Waals surface area contributed by atoms with Crippen LogP contribution in [0.4, 0.5) is 11.8 Å². The predicted molar refractivity (Wildman–Crippen MR) is 110 cm³/mol. The number of aromatic amines is 1. The molecule has 0 amide bonds. The largest absolute Gasteiger partial charge is 0.396 e. The van der Waals surface area contributed by atoms with Crippen LogP contribution in [-0.4, -0.2) is 39.8 Å². The van der Waals surface area contributed by atoms with E-state index in [-0.39, 0.29) is 6.61 Å². The van der Waals surface area contributed by atoms with Gasteiger partial charge in [-0.2, -0.15) is 4.98 Å². The van der Waals surface area contributed by atoms with E-state index in [9.17, 15) is 0 Å². The summed E-state index contributed by atoms with van der Waals surface area (Å²) in [4.78, 5) is 12.6. The summed E-state index contributed by atoms with van der Waals surface area (Å²) in [6, 6.07) is 16.3. The van der Waals surface area contributed by atoms with Crippen molar-refractivity contribution in [2.75, 3.05) is 30.3 Å². The fourth-order valence-corrected chi connectivity index (χ4v) is 3.22. The Morgan fingerprint density at radius 1 is 0.889 bits per heavy atom. The zero-order valence-corrected chi connectivity index (χ0v) is 15.1. The fourth-order valence-electron chi connectivity index (χ4n) is 3.22. The molecule has 0 atom stereocenters. The number of fused-ring (bicyclic) bond motifs is 2. The van der Waals surface area contributed by atoms with Gasteiger partial charge >= 0.3 is 0 Å². The van der Waals surface area contributed by atoms with E-state index < -0.39 is 0 Å². The molecule has 6 heteroatoms. The van der Waals surface area contributed by atoms with Crippen LogP contribution in [0.15, 0.2) is 54.7 Å². The van der Waals surface area contributed by atoms with Gasteiger partial charge in [-0.25, -0.2) is 4.98 Å². The Hall–Kier alpha value is -3.12. The van der Waals surface area contributed by atoms with Gasteiger partial charge in [0.25, 0.3) is 0 Å². The second-order valence-electron chi connectivity index (χ2n) is 6.45. The molecule has 0 unspecified atom stereocenters. The highest BCUT2D eigenvalue weighted by Crippen LogP contribution is 2.22. The average Bonchev–Trinajstić information content (AvgIpc) is 3.11. The molecule has 2 heterocycles. The monoisotopic (exact) mass is 361 g/mol. The summed E-state index contributed by atoms with van der Waals surface area (Å²) in [7, 11) is 0. The van der Waals surface area contributed by atoms with Gasteiger partial charge in [0.15, 0.2) is 0 Å². The molecule has 4 aromatic rings. The maximum Gasteiger partial charge on any atom is 0.225 e. The molecule has 0 aliphatic heterocycles. The molecule has 0 saturated heterocycles. The molecule has 138 valence electrons. The van der Waals surface area contributed by atoms with Crippen molar-refractivity contribution < 1.29 is 5.11 Å². The van der Waals surface area contributed by atoms with Crippen LogP contribution in [0.25, 0.3) is 21.8 Å². The Bertz CT molecular complexity index is 1040. The predicted octanol–water partition coefficient (Wildman–Crippen LogP) is 3.56. The maximum atomic E-state index is 9.01. The number of rotatable bonds is 8. The third kappa shape index (κ3) is 3.85. The van der Waals surface area contributed by atoms with Crippen LogP contribution in [0.5, 0.6) is 0 Å². The lowest BCUT2D eigenvalue weighted by Crippen LogP contribution is -2.11. The molecule has 0 bridgehead atoms. The maximum absolute atomic E-state index is 9.01. The normalized spacial score (nSPS) is 11.1. The first-order chi connectivity index (χ1) is 13.3. The van der Waals surface area contributed by atoms with Crippen LogP contribution in [0, 0.1) is 0 Å². The van der Waals surface area contributed by atoms with Gasteiger partial charge in [0.2, 0.25) is 5.95 Å². The van der Waals surface area contributed by atoms with Crippen molar-refractivity contribution in [3.05, 3.63) is 60.3 Å². The molecule has 4 rings (SSSR count). The zero-order valence-electron chi connectivity index (χ0n) is 15.1. The van der Waals surface area contributed by atoms with E-state index in [0.29, 0.717) is 18.9 Å². The summed E-state index contributed by atoms with van der Waals surface area (Å²) in [5.74, 6) is 1.41. The molecule has 2 aromatic carbocycles. The van der Waals surface area contributed by atoms with Gasteiger partial charge in [-0.1, -0.05) is 30.3 Å². The Kier molecular flexibility index (Phi) is 5.16. The molecule has 0 aliphatic rings. The number of benzene rings is 2. The van der Waals surface area contributed by atoms with Crippen LogP contribution in [0.2, 0.25) is 0 Å². The third-order valence-corrected chi connectivity index (χ3v) is 4.58. The molecule has 6 nitrogen and oxygen atoms in total. The lowest BCUT2D eigenvalue weighted by molar-refractivity contribution is 0.292. The SMILES string of the molecule is OCCCNc1nc(NCCc2c[nH]c3ccccc23)nc2ccccc12. The second-order valence-corrected chi connectivity index (χ2v) is 6.45. The number of hydrogen-bond donors (Lipinski definition) is 4. The van der Waals surface area contributed by atoms with Crippen LogP contribution in [-0.2, 0) is 6.42 Å². The number of aromatic nitrogens is 3. The van der Waals surface area contributed by atoms with Gasteiger partial charge in [0.1, 0.15) is 5.82 Å². The molecule has 0 radical (unpaired) electrons. The van der Waals surface area contributed by atoms with Crippen molar-refractivity contribution in [1.29, 1.82) is 0 Å². The minimum absolute atomic E-state index is 0.158. The summed E-state index contributed by atoms with van der Waals surface area (Å²) in [5.41, 5.74) is 3.33. The van der Waals surface area contributed by atoms with Crippen LogP contribution in [0.1, 0.15) is 12.0 Å². The van der Waals surface area contributed by atoms with Crippen molar-refractivity contribution in [2.24, 2.45) is 0 Å².